The van der Waals surface area contributed by atoms with Gasteiger partial charge in [-0.25, -0.2) is 0 Å². The largest absolute Gasteiger partial charge is 0.377 e. The molecule has 0 aromatic rings. The number of hydrogen-bond acceptors (Lipinski definition) is 3. The number of nitrogens with one attached hydrogen (secondary N) is 1. The fourth-order valence-corrected chi connectivity index (χ4v) is 3.05. The lowest BCUT2D eigenvalue weighted by Crippen LogP contribution is -2.34. The first-order valence-electron chi connectivity index (χ1n) is 7.60. The molecule has 0 aliphatic carbocycles. The SMILES string of the molecule is CC(C)(C)C1CCN(CCOC2CCNCC2)C1. The number of rotatable bonds is 4. The average molecular weight is 254 g/mol. The molecule has 1 unspecified atom stereocenters. The molecule has 2 rings (SSSR count). The molecule has 0 amide bonds. The van der Waals surface area contributed by atoms with Gasteiger partial charge in [0, 0.05) is 13.1 Å². The van der Waals surface area contributed by atoms with Crippen LogP contribution >= 0.6 is 0 Å². The van der Waals surface area contributed by atoms with Gasteiger partial charge in [-0.05, 0) is 50.2 Å². The van der Waals surface area contributed by atoms with Gasteiger partial charge in [-0.1, -0.05) is 20.8 Å². The summed E-state index contributed by atoms with van der Waals surface area (Å²) in [5.74, 6) is 0.858. The minimum atomic E-state index is 0.463. The van der Waals surface area contributed by atoms with E-state index in [2.05, 4.69) is 31.0 Å². The topological polar surface area (TPSA) is 24.5 Å². The lowest BCUT2D eigenvalue weighted by atomic mass is 9.80. The second-order valence-corrected chi connectivity index (χ2v) is 6.97. The van der Waals surface area contributed by atoms with Gasteiger partial charge < -0.3 is 15.0 Å². The number of piperidine rings is 1. The lowest BCUT2D eigenvalue weighted by molar-refractivity contribution is 0.0219. The maximum Gasteiger partial charge on any atom is 0.0600 e. The molecule has 2 saturated heterocycles. The number of likely N-dealkylation sites (tertiary alicyclic amines) is 1. The fourth-order valence-electron chi connectivity index (χ4n) is 3.05. The molecule has 3 heteroatoms. The van der Waals surface area contributed by atoms with Crippen molar-refractivity contribution in [1.82, 2.24) is 10.2 Å². The Balaban J connectivity index is 1.60. The van der Waals surface area contributed by atoms with Crippen LogP contribution in [0.5, 0.6) is 0 Å². The predicted molar refractivity (Wildman–Crippen MR) is 75.8 cm³/mol. The molecule has 2 fully saturated rings. The standard InChI is InChI=1S/C15H30N2O/c1-15(2,3)13-6-9-17(12-13)10-11-18-14-4-7-16-8-5-14/h13-14,16H,4-12H2,1-3H3. The van der Waals surface area contributed by atoms with Gasteiger partial charge in [0.1, 0.15) is 0 Å². The Hall–Kier alpha value is -0.120. The summed E-state index contributed by atoms with van der Waals surface area (Å²) >= 11 is 0. The van der Waals surface area contributed by atoms with Crippen LogP contribution in [-0.2, 0) is 4.74 Å². The summed E-state index contributed by atoms with van der Waals surface area (Å²) in [5.41, 5.74) is 0.463. The van der Waals surface area contributed by atoms with Gasteiger partial charge in [-0.15, -0.1) is 0 Å². The van der Waals surface area contributed by atoms with Crippen molar-refractivity contribution < 1.29 is 4.74 Å². The van der Waals surface area contributed by atoms with Gasteiger partial charge in [0.15, 0.2) is 0 Å². The Morgan fingerprint density at radius 2 is 1.89 bits per heavy atom. The van der Waals surface area contributed by atoms with E-state index in [4.69, 9.17) is 4.74 Å². The summed E-state index contributed by atoms with van der Waals surface area (Å²) < 4.78 is 5.98. The first-order chi connectivity index (χ1) is 8.55. The molecular formula is C15H30N2O. The van der Waals surface area contributed by atoms with E-state index >= 15 is 0 Å². The van der Waals surface area contributed by atoms with Crippen LogP contribution in [0.4, 0.5) is 0 Å². The Bertz CT molecular complexity index is 243. The predicted octanol–water partition coefficient (Wildman–Crippen LogP) is 2.12. The van der Waals surface area contributed by atoms with Crippen molar-refractivity contribution in [1.29, 1.82) is 0 Å². The highest BCUT2D eigenvalue weighted by Gasteiger charge is 2.31. The summed E-state index contributed by atoms with van der Waals surface area (Å²) in [7, 11) is 0. The monoisotopic (exact) mass is 254 g/mol. The van der Waals surface area contributed by atoms with Crippen molar-refractivity contribution in [2.24, 2.45) is 11.3 Å². The van der Waals surface area contributed by atoms with E-state index < -0.39 is 0 Å². The van der Waals surface area contributed by atoms with E-state index in [9.17, 15) is 0 Å². The van der Waals surface area contributed by atoms with Crippen LogP contribution in [0.15, 0.2) is 0 Å². The van der Waals surface area contributed by atoms with E-state index in [0.717, 1.165) is 32.2 Å². The smallest absolute Gasteiger partial charge is 0.0600 e. The van der Waals surface area contributed by atoms with Crippen molar-refractivity contribution >= 4 is 0 Å². The molecule has 0 bridgehead atoms. The van der Waals surface area contributed by atoms with Crippen LogP contribution in [0.3, 0.4) is 0 Å². The zero-order chi connectivity index (χ0) is 13.0. The summed E-state index contributed by atoms with van der Waals surface area (Å²) in [6.45, 7) is 13.9. The summed E-state index contributed by atoms with van der Waals surface area (Å²) in [5, 5.41) is 3.38. The maximum atomic E-state index is 5.98. The molecule has 0 radical (unpaired) electrons. The van der Waals surface area contributed by atoms with E-state index in [1.807, 2.05) is 0 Å². The van der Waals surface area contributed by atoms with Crippen LogP contribution in [0.1, 0.15) is 40.0 Å². The van der Waals surface area contributed by atoms with Gasteiger partial charge in [0.2, 0.25) is 0 Å². The number of hydrogen-bond donors (Lipinski definition) is 1. The normalized spacial score (nSPS) is 27.8. The second-order valence-electron chi connectivity index (χ2n) is 6.97. The molecule has 0 aromatic heterocycles. The van der Waals surface area contributed by atoms with E-state index in [1.54, 1.807) is 0 Å². The van der Waals surface area contributed by atoms with Crippen molar-refractivity contribution in [2.45, 2.75) is 46.1 Å². The van der Waals surface area contributed by atoms with Gasteiger partial charge in [0.05, 0.1) is 12.7 Å². The summed E-state index contributed by atoms with van der Waals surface area (Å²) in [4.78, 5) is 2.58. The second kappa shape index (κ2) is 6.36. The number of nitrogens with zero attached hydrogens (tertiary/aromatic N) is 1. The third kappa shape index (κ3) is 4.22. The van der Waals surface area contributed by atoms with Crippen molar-refractivity contribution in [2.75, 3.05) is 39.3 Å². The Labute approximate surface area is 112 Å². The Morgan fingerprint density at radius 3 is 2.50 bits per heavy atom. The van der Waals surface area contributed by atoms with Crippen LogP contribution in [0.2, 0.25) is 0 Å². The molecule has 18 heavy (non-hydrogen) atoms. The van der Waals surface area contributed by atoms with Gasteiger partial charge in [-0.3, -0.25) is 0 Å². The molecule has 2 aliphatic heterocycles. The van der Waals surface area contributed by atoms with Crippen molar-refractivity contribution in [3.8, 4) is 0 Å². The molecular weight excluding hydrogens is 224 g/mol. The minimum absolute atomic E-state index is 0.463. The van der Waals surface area contributed by atoms with Gasteiger partial charge >= 0.3 is 0 Å². The molecule has 0 saturated carbocycles. The molecule has 106 valence electrons. The van der Waals surface area contributed by atoms with Crippen LogP contribution in [-0.4, -0.2) is 50.3 Å². The Morgan fingerprint density at radius 1 is 1.17 bits per heavy atom. The van der Waals surface area contributed by atoms with Crippen LogP contribution < -0.4 is 5.32 Å². The highest BCUT2D eigenvalue weighted by atomic mass is 16.5. The Kier molecular flexibility index (Phi) is 5.05. The molecule has 1 N–H and O–H groups in total. The lowest BCUT2D eigenvalue weighted by Gasteiger charge is -2.27. The molecule has 2 heterocycles. The number of ether oxygens (including phenoxy) is 1. The molecule has 3 nitrogen and oxygen atoms in total. The zero-order valence-electron chi connectivity index (χ0n) is 12.4. The van der Waals surface area contributed by atoms with E-state index in [-0.39, 0.29) is 0 Å². The third-order valence-corrected chi connectivity index (χ3v) is 4.54. The maximum absolute atomic E-state index is 5.98. The molecule has 0 aromatic carbocycles. The first kappa shape index (κ1) is 14.3. The minimum Gasteiger partial charge on any atom is -0.377 e. The highest BCUT2D eigenvalue weighted by molar-refractivity contribution is 4.83. The fraction of sp³-hybridized carbons (Fsp3) is 1.00. The van der Waals surface area contributed by atoms with Crippen molar-refractivity contribution in [3.63, 3.8) is 0 Å². The summed E-state index contributed by atoms with van der Waals surface area (Å²) in [6, 6.07) is 0. The third-order valence-electron chi connectivity index (χ3n) is 4.54. The van der Waals surface area contributed by atoms with E-state index in [1.165, 1.54) is 32.4 Å². The zero-order valence-corrected chi connectivity index (χ0v) is 12.4. The molecule has 1 atom stereocenters. The quantitative estimate of drug-likeness (QED) is 0.832. The average Bonchev–Trinajstić information content (AvgIpc) is 2.79. The molecule has 0 spiro atoms. The summed E-state index contributed by atoms with van der Waals surface area (Å²) in [6.07, 6.45) is 4.23. The van der Waals surface area contributed by atoms with Crippen molar-refractivity contribution in [3.05, 3.63) is 0 Å². The molecule has 2 aliphatic rings. The van der Waals surface area contributed by atoms with E-state index in [0.29, 0.717) is 11.5 Å². The first-order valence-corrected chi connectivity index (χ1v) is 7.60. The van der Waals surface area contributed by atoms with Crippen LogP contribution in [0.25, 0.3) is 0 Å². The van der Waals surface area contributed by atoms with Crippen LogP contribution in [0, 0.1) is 11.3 Å². The van der Waals surface area contributed by atoms with Gasteiger partial charge in [0.25, 0.3) is 0 Å². The highest BCUT2D eigenvalue weighted by Crippen LogP contribution is 2.33. The van der Waals surface area contributed by atoms with Gasteiger partial charge in [-0.2, -0.15) is 0 Å².